The van der Waals surface area contributed by atoms with Crippen molar-refractivity contribution in [3.8, 4) is 0 Å². The third kappa shape index (κ3) is 20.9. The number of urea groups is 1. The summed E-state index contributed by atoms with van der Waals surface area (Å²) < 4.78 is 43.7. The average molecular weight is 1030 g/mol. The van der Waals surface area contributed by atoms with Crippen LogP contribution in [-0.4, -0.2) is 88.0 Å². The number of rotatable bonds is 25. The van der Waals surface area contributed by atoms with Crippen LogP contribution in [0, 0.1) is 11.3 Å². The van der Waals surface area contributed by atoms with E-state index >= 15 is 0 Å². The fraction of sp³-hybridized carbons (Fsp3) is 0.569. The summed E-state index contributed by atoms with van der Waals surface area (Å²) in [6, 6.07) is 16.0. The Morgan fingerprint density at radius 1 is 0.800 bits per heavy atom. The molecule has 4 aromatic rings. The molecule has 2 aromatic heterocycles. The maximum absolute atomic E-state index is 14.5. The number of hydrogen-bond donors (Lipinski definition) is 3. The summed E-state index contributed by atoms with van der Waals surface area (Å²) in [7, 11) is -2.47. The molecule has 0 fully saturated rings. The number of hydrogen-bond acceptors (Lipinski definition) is 14. The summed E-state index contributed by atoms with van der Waals surface area (Å²) in [4.78, 5) is 67.2. The van der Waals surface area contributed by atoms with Gasteiger partial charge in [0.2, 0.25) is 5.91 Å². The molecule has 0 aliphatic carbocycles. The van der Waals surface area contributed by atoms with Crippen LogP contribution in [0.25, 0.3) is 0 Å². The Balaban J connectivity index is 1.67. The van der Waals surface area contributed by atoms with Crippen LogP contribution >= 0.6 is 30.5 Å². The lowest BCUT2D eigenvalue weighted by Crippen LogP contribution is -2.56. The molecule has 0 bridgehead atoms. The molecular formula is C51H75N6O10PS2. The number of carbonyl (C=O) groups is 4. The van der Waals surface area contributed by atoms with Crippen LogP contribution in [-0.2, 0) is 63.2 Å². The molecule has 0 aliphatic heterocycles. The number of carbonyl (C=O) groups excluding carboxylic acids is 4. The maximum atomic E-state index is 14.5. The van der Waals surface area contributed by atoms with Gasteiger partial charge < -0.3 is 30.3 Å². The highest BCUT2D eigenvalue weighted by molar-refractivity contribution is 7.48. The van der Waals surface area contributed by atoms with E-state index in [9.17, 15) is 23.7 Å². The van der Waals surface area contributed by atoms with E-state index in [-0.39, 0.29) is 50.9 Å². The zero-order valence-electron chi connectivity index (χ0n) is 43.1. The predicted molar refractivity (Wildman–Crippen MR) is 274 cm³/mol. The van der Waals surface area contributed by atoms with Gasteiger partial charge in [0.05, 0.1) is 57.9 Å². The van der Waals surface area contributed by atoms with Crippen molar-refractivity contribution in [2.45, 2.75) is 163 Å². The van der Waals surface area contributed by atoms with Crippen molar-refractivity contribution in [3.05, 3.63) is 104 Å². The van der Waals surface area contributed by atoms with E-state index in [0.29, 0.717) is 6.42 Å². The van der Waals surface area contributed by atoms with Crippen LogP contribution in [0.15, 0.2) is 77.8 Å². The molecule has 0 saturated carbocycles. The van der Waals surface area contributed by atoms with Crippen LogP contribution < -0.4 is 16.0 Å². The van der Waals surface area contributed by atoms with Crippen LogP contribution in [0.2, 0.25) is 0 Å². The monoisotopic (exact) mass is 1030 g/mol. The standard InChI is InChI=1S/C51H75N6O10PS2/c1-34(2)44(56-47(60)57(13)29-39-31-69-46(54-39)35(3)4)45(59)53-38(24-36-20-16-14-17-21-36)26-42(41(25-37-22-18-15-19-23-37)55-48(61)63-30-40-28-52-33-70-40)65-43(58)27-51(11,12)32-64-68(62,66-49(5,6)7)67-50(8,9)10/h14-23,28,31,33-35,38,41-42,44H,24-27,29-30,32H2,1-13H3,(H,53,59)(H,55,61)(H,56,60)/t38-,41-,42-,44-/m0/s1. The molecule has 4 atom stereocenters. The van der Waals surface area contributed by atoms with Crippen molar-refractivity contribution >= 4 is 54.5 Å². The van der Waals surface area contributed by atoms with Gasteiger partial charge in [-0.05, 0) is 76.8 Å². The Morgan fingerprint density at radius 3 is 1.93 bits per heavy atom. The summed E-state index contributed by atoms with van der Waals surface area (Å²) in [6.07, 6.45) is 0.179. The average Bonchev–Trinajstić information content (AvgIpc) is 3.96. The van der Waals surface area contributed by atoms with Crippen LogP contribution in [0.5, 0.6) is 0 Å². The van der Waals surface area contributed by atoms with Gasteiger partial charge in [-0.1, -0.05) is 102 Å². The zero-order valence-corrected chi connectivity index (χ0v) is 45.6. The van der Waals surface area contributed by atoms with E-state index in [1.54, 1.807) is 85.5 Å². The van der Waals surface area contributed by atoms with Crippen LogP contribution in [0.4, 0.5) is 9.59 Å². The number of nitrogens with one attached hydrogen (secondary N) is 3. The summed E-state index contributed by atoms with van der Waals surface area (Å²) in [6.45, 7) is 21.9. The second kappa shape index (κ2) is 26.1. The normalized spacial score (nSPS) is 14.1. The number of benzene rings is 2. The number of phosphoric ester groups is 1. The second-order valence-corrected chi connectivity index (χ2v) is 24.4. The number of alkyl carbamates (subject to hydrolysis) is 1. The summed E-state index contributed by atoms with van der Waals surface area (Å²) in [5, 5.41) is 12.0. The number of ether oxygens (including phenoxy) is 2. The quantitative estimate of drug-likeness (QED) is 0.0420. The van der Waals surface area contributed by atoms with Gasteiger partial charge in [-0.2, -0.15) is 0 Å². The minimum absolute atomic E-state index is 0.0259. The molecule has 0 spiro atoms. The van der Waals surface area contributed by atoms with E-state index in [2.05, 4.69) is 39.8 Å². The maximum Gasteiger partial charge on any atom is 0.475 e. The van der Waals surface area contributed by atoms with Crippen molar-refractivity contribution in [2.24, 2.45) is 11.3 Å². The van der Waals surface area contributed by atoms with Gasteiger partial charge in [-0.15, -0.1) is 22.7 Å². The number of amides is 4. The zero-order chi connectivity index (χ0) is 51.9. The Bertz CT molecular complexity index is 2280. The lowest BCUT2D eigenvalue weighted by atomic mass is 9.90. The number of esters is 1. The van der Waals surface area contributed by atoms with Gasteiger partial charge in [0.1, 0.15) is 18.8 Å². The molecule has 0 saturated heterocycles. The van der Waals surface area contributed by atoms with Gasteiger partial charge in [0.25, 0.3) is 0 Å². The molecule has 4 rings (SSSR count). The molecule has 0 aliphatic rings. The molecular weight excluding hydrogens is 952 g/mol. The number of phosphoric acid groups is 1. The fourth-order valence-corrected chi connectivity index (χ4v) is 10.5. The Hall–Kier alpha value is -4.71. The number of nitrogens with zero attached hydrogens (tertiary/aromatic N) is 3. The first-order chi connectivity index (χ1) is 32.7. The third-order valence-corrected chi connectivity index (χ3v) is 14.3. The van der Waals surface area contributed by atoms with Crippen molar-refractivity contribution in [2.75, 3.05) is 13.7 Å². The highest BCUT2D eigenvalue weighted by Crippen LogP contribution is 2.56. The highest BCUT2D eigenvalue weighted by Gasteiger charge is 2.40. The molecule has 0 unspecified atom stereocenters. The molecule has 2 heterocycles. The first-order valence-electron chi connectivity index (χ1n) is 23.7. The Kier molecular flexibility index (Phi) is 21.6. The van der Waals surface area contributed by atoms with E-state index in [0.717, 1.165) is 26.7 Å². The number of aromatic nitrogens is 2. The molecule has 19 heteroatoms. The topological polar surface area (TPSA) is 197 Å². The van der Waals surface area contributed by atoms with Gasteiger partial charge in [-0.25, -0.2) is 19.1 Å². The highest BCUT2D eigenvalue weighted by atomic mass is 32.1. The van der Waals surface area contributed by atoms with E-state index < -0.39 is 72.7 Å². The summed E-state index contributed by atoms with van der Waals surface area (Å²) >= 11 is 2.89. The molecule has 16 nitrogen and oxygen atoms in total. The van der Waals surface area contributed by atoms with E-state index in [1.807, 2.05) is 79.9 Å². The van der Waals surface area contributed by atoms with E-state index in [1.165, 1.54) is 16.2 Å². The lowest BCUT2D eigenvalue weighted by molar-refractivity contribution is -0.154. The molecule has 386 valence electrons. The van der Waals surface area contributed by atoms with Crippen LogP contribution in [0.1, 0.15) is 129 Å². The largest absolute Gasteiger partial charge is 0.475 e. The lowest BCUT2D eigenvalue weighted by Gasteiger charge is -2.34. The summed E-state index contributed by atoms with van der Waals surface area (Å²) in [5.41, 5.74) is 1.42. The van der Waals surface area contributed by atoms with Gasteiger partial charge >= 0.3 is 25.9 Å². The van der Waals surface area contributed by atoms with Crippen molar-refractivity contribution in [1.29, 1.82) is 0 Å². The molecule has 70 heavy (non-hydrogen) atoms. The van der Waals surface area contributed by atoms with Gasteiger partial charge in [-0.3, -0.25) is 28.1 Å². The smallest absolute Gasteiger partial charge is 0.460 e. The SMILES string of the molecule is CC(C)c1nc(CN(C)C(=O)N[C@H](C(=O)N[C@@H](Cc2ccccc2)C[C@H](OC(=O)CC(C)(C)COP(=O)(OC(C)(C)C)OC(C)(C)C)[C@H](Cc2ccccc2)NC(=O)OCc2cncs2)C(C)C)cs1. The molecule has 4 amide bonds. The number of thiazole rings is 2. The fourth-order valence-electron chi connectivity index (χ4n) is 7.15. The van der Waals surface area contributed by atoms with Crippen molar-refractivity contribution < 1.29 is 46.8 Å². The minimum Gasteiger partial charge on any atom is -0.460 e. The van der Waals surface area contributed by atoms with Gasteiger partial charge in [0, 0.05) is 37.0 Å². The van der Waals surface area contributed by atoms with Gasteiger partial charge in [0.15, 0.2) is 0 Å². The third-order valence-electron chi connectivity index (χ3n) is 10.4. The molecule has 0 radical (unpaired) electrons. The molecule has 2 aromatic carbocycles. The minimum atomic E-state index is -4.13. The second-order valence-electron chi connectivity index (χ2n) is 21.0. The Labute approximate surface area is 423 Å². The molecule has 3 N–H and O–H groups in total. The van der Waals surface area contributed by atoms with Crippen molar-refractivity contribution in [1.82, 2.24) is 30.8 Å². The van der Waals surface area contributed by atoms with E-state index in [4.69, 9.17) is 23.0 Å². The first kappa shape index (κ1) is 57.9. The summed E-state index contributed by atoms with van der Waals surface area (Å²) in [5.74, 6) is -1.14. The van der Waals surface area contributed by atoms with Crippen LogP contribution in [0.3, 0.4) is 0 Å². The Morgan fingerprint density at radius 2 is 1.40 bits per heavy atom. The van der Waals surface area contributed by atoms with Crippen molar-refractivity contribution in [3.63, 3.8) is 0 Å². The predicted octanol–water partition coefficient (Wildman–Crippen LogP) is 10.6. The first-order valence-corrected chi connectivity index (χ1v) is 26.9.